The summed E-state index contributed by atoms with van der Waals surface area (Å²) in [6, 6.07) is 0.371. The number of likely N-dealkylation sites (N-methyl/N-ethyl adjacent to an activating group) is 1. The number of carbonyl (C=O) groups excluding carboxylic acids is 3. The van der Waals surface area contributed by atoms with Crippen LogP contribution >= 0.6 is 0 Å². The Morgan fingerprint density at radius 2 is 1.86 bits per heavy atom. The van der Waals surface area contributed by atoms with E-state index in [0.717, 1.165) is 0 Å². The van der Waals surface area contributed by atoms with E-state index in [4.69, 9.17) is 17.9 Å². The molecule has 12 heteroatoms. The minimum absolute atomic E-state index is 0.0353. The fourth-order valence-corrected chi connectivity index (χ4v) is 6.01. The number of hydrogen-bond acceptors (Lipinski definition) is 11. The van der Waals surface area contributed by atoms with Crippen LogP contribution in [-0.2, 0) is 16.0 Å². The molecule has 0 radical (unpaired) electrons. The van der Waals surface area contributed by atoms with Gasteiger partial charge in [0.25, 0.3) is 5.91 Å². The van der Waals surface area contributed by atoms with Crippen LogP contribution in [0.3, 0.4) is 0 Å². The molecule has 3 aliphatic carbocycles. The van der Waals surface area contributed by atoms with Gasteiger partial charge in [0.1, 0.15) is 22.8 Å². The van der Waals surface area contributed by atoms with E-state index in [9.17, 15) is 34.6 Å². The van der Waals surface area contributed by atoms with Crippen LogP contribution in [0.15, 0.2) is 33.9 Å². The first-order valence-corrected chi connectivity index (χ1v) is 11.3. The van der Waals surface area contributed by atoms with Gasteiger partial charge in [0.15, 0.2) is 11.4 Å². The van der Waals surface area contributed by atoms with E-state index < -0.39 is 63.2 Å². The number of aliphatic hydroxyl groups is 3. The Morgan fingerprint density at radius 1 is 1.24 bits per heavy atom. The quantitative estimate of drug-likeness (QED) is 0.208. The molecule has 0 fully saturated rings. The predicted molar refractivity (Wildman–Crippen MR) is 133 cm³/mol. The number of hydrogen-bond donors (Lipinski definition) is 5. The fraction of sp³-hybridized carbons (Fsp3) is 0.400. The molecule has 0 saturated heterocycles. The lowest BCUT2D eigenvalue weighted by Crippen LogP contribution is -2.68. The number of ketones is 2. The molecule has 194 valence electrons. The molecule has 0 heterocycles. The number of carbonyl (C=O) groups is 3. The van der Waals surface area contributed by atoms with Crippen LogP contribution < -0.4 is 16.4 Å². The van der Waals surface area contributed by atoms with Crippen LogP contribution in [0.5, 0.6) is 0 Å². The molecular weight excluding hydrogens is 482 g/mol. The lowest BCUT2D eigenvalue weighted by molar-refractivity contribution is -0.148. The van der Waals surface area contributed by atoms with Gasteiger partial charge in [-0.3, -0.25) is 19.3 Å². The molecule has 4 atom stereocenters. The van der Waals surface area contributed by atoms with Gasteiger partial charge in [-0.2, -0.15) is 0 Å². The topological polar surface area (TPSA) is 200 Å². The van der Waals surface area contributed by atoms with Gasteiger partial charge in [-0.05, 0) is 43.7 Å². The second kappa shape index (κ2) is 8.24. The molecule has 0 spiro atoms. The van der Waals surface area contributed by atoms with E-state index in [0.29, 0.717) is 11.3 Å². The van der Waals surface area contributed by atoms with Crippen molar-refractivity contribution in [2.75, 3.05) is 33.1 Å². The summed E-state index contributed by atoms with van der Waals surface area (Å²) in [4.78, 5) is 54.3. The number of nitroso groups, excluding NO2 is 1. The van der Waals surface area contributed by atoms with Crippen molar-refractivity contribution < 1.29 is 29.7 Å². The van der Waals surface area contributed by atoms with E-state index in [1.807, 2.05) is 0 Å². The number of anilines is 1. The van der Waals surface area contributed by atoms with Crippen molar-refractivity contribution in [1.82, 2.24) is 4.90 Å². The predicted octanol–water partition coefficient (Wildman–Crippen LogP) is -0.0585. The fourth-order valence-electron chi connectivity index (χ4n) is 6.01. The van der Waals surface area contributed by atoms with Gasteiger partial charge in [-0.1, -0.05) is 5.92 Å². The Morgan fingerprint density at radius 3 is 2.35 bits per heavy atom. The Labute approximate surface area is 212 Å². The van der Waals surface area contributed by atoms with E-state index in [1.165, 1.54) is 25.1 Å². The largest absolute Gasteiger partial charge is 0.510 e. The summed E-state index contributed by atoms with van der Waals surface area (Å²) >= 11 is 0. The number of nitrogens with two attached hydrogens (primary N) is 2. The zero-order valence-corrected chi connectivity index (χ0v) is 20.7. The number of Topliss-reactive ketones (excluding diaryl/α,β-unsaturated/α-hetero) is 2. The average Bonchev–Trinajstić information content (AvgIpc) is 2.79. The summed E-state index contributed by atoms with van der Waals surface area (Å²) in [6.07, 6.45) is 5.21. The van der Waals surface area contributed by atoms with Gasteiger partial charge in [-0.25, -0.2) is 0 Å². The summed E-state index contributed by atoms with van der Waals surface area (Å²) < 4.78 is 0. The molecule has 0 aromatic heterocycles. The molecule has 1 amide bonds. The van der Waals surface area contributed by atoms with E-state index >= 15 is 0 Å². The highest BCUT2D eigenvalue weighted by molar-refractivity contribution is 6.25. The molecule has 0 saturated carbocycles. The third-order valence-electron chi connectivity index (χ3n) is 7.57. The van der Waals surface area contributed by atoms with Crippen LogP contribution in [0.2, 0.25) is 0 Å². The molecular formula is C25H27N5O7. The highest BCUT2D eigenvalue weighted by Gasteiger charge is 2.66. The highest BCUT2D eigenvalue weighted by atomic mass is 16.3. The normalized spacial score (nSPS) is 28.9. The molecule has 0 bridgehead atoms. The maximum absolute atomic E-state index is 13.9. The van der Waals surface area contributed by atoms with Crippen molar-refractivity contribution in [2.24, 2.45) is 22.6 Å². The smallest absolute Gasteiger partial charge is 0.255 e. The first-order chi connectivity index (χ1) is 17.2. The Bertz CT molecular complexity index is 1400. The van der Waals surface area contributed by atoms with Crippen molar-refractivity contribution >= 4 is 28.8 Å². The second-order valence-corrected chi connectivity index (χ2v) is 10.1. The van der Waals surface area contributed by atoms with Crippen molar-refractivity contribution in [2.45, 2.75) is 30.0 Å². The van der Waals surface area contributed by atoms with Gasteiger partial charge in [0.05, 0.1) is 28.3 Å². The Hall–Kier alpha value is -4.05. The third-order valence-corrected chi connectivity index (χ3v) is 7.57. The maximum Gasteiger partial charge on any atom is 0.255 e. The summed E-state index contributed by atoms with van der Waals surface area (Å²) in [6.45, 7) is 0. The summed E-state index contributed by atoms with van der Waals surface area (Å²) in [5.74, 6) is -4.28. The van der Waals surface area contributed by atoms with Gasteiger partial charge in [0.2, 0.25) is 5.78 Å². The number of rotatable bonds is 4. The van der Waals surface area contributed by atoms with Crippen LogP contribution in [-0.4, -0.2) is 83.1 Å². The van der Waals surface area contributed by atoms with Crippen LogP contribution in [0.25, 0.3) is 0 Å². The number of aliphatic hydroxyl groups excluding tert-OH is 2. The van der Waals surface area contributed by atoms with E-state index in [1.54, 1.807) is 19.0 Å². The van der Waals surface area contributed by atoms with Gasteiger partial charge >= 0.3 is 0 Å². The van der Waals surface area contributed by atoms with Crippen LogP contribution in [0, 0.1) is 23.2 Å². The van der Waals surface area contributed by atoms with E-state index in [2.05, 4.69) is 11.1 Å². The Balaban J connectivity index is 2.09. The van der Waals surface area contributed by atoms with E-state index in [-0.39, 0.29) is 29.7 Å². The number of terminal acetylenes is 1. The van der Waals surface area contributed by atoms with Gasteiger partial charge < -0.3 is 31.7 Å². The van der Waals surface area contributed by atoms with Crippen molar-refractivity contribution in [1.29, 1.82) is 0 Å². The molecule has 0 unspecified atom stereocenters. The molecule has 12 nitrogen and oxygen atoms in total. The molecule has 0 aliphatic heterocycles. The van der Waals surface area contributed by atoms with Crippen molar-refractivity contribution in [3.63, 3.8) is 0 Å². The summed E-state index contributed by atoms with van der Waals surface area (Å²) in [5, 5.41) is 36.9. The number of amides is 1. The summed E-state index contributed by atoms with van der Waals surface area (Å²) in [7, 11) is 6.47. The first-order valence-electron chi connectivity index (χ1n) is 11.3. The molecule has 7 N–H and O–H groups in total. The van der Waals surface area contributed by atoms with Crippen LogP contribution in [0.1, 0.15) is 27.9 Å². The Kier molecular flexibility index (Phi) is 5.79. The summed E-state index contributed by atoms with van der Waals surface area (Å²) in [5.41, 5.74) is 6.63. The number of fused-ring (bicyclic) bond motifs is 3. The average molecular weight is 510 g/mol. The molecule has 4 rings (SSSR count). The third kappa shape index (κ3) is 3.25. The lowest BCUT2D eigenvalue weighted by atomic mass is 9.56. The van der Waals surface area contributed by atoms with Crippen LogP contribution in [0.4, 0.5) is 11.4 Å². The second-order valence-electron chi connectivity index (χ2n) is 10.1. The maximum atomic E-state index is 13.9. The van der Waals surface area contributed by atoms with Gasteiger partial charge in [0, 0.05) is 25.7 Å². The molecule has 3 aliphatic rings. The minimum atomic E-state index is -2.81. The zero-order valence-electron chi connectivity index (χ0n) is 20.7. The number of primary amides is 1. The van der Waals surface area contributed by atoms with Crippen molar-refractivity contribution in [3.8, 4) is 12.3 Å². The van der Waals surface area contributed by atoms with Crippen molar-refractivity contribution in [3.05, 3.63) is 50.3 Å². The van der Waals surface area contributed by atoms with Gasteiger partial charge in [-0.15, -0.1) is 11.3 Å². The number of benzene rings is 1. The molecule has 1 aromatic rings. The SMILES string of the molecule is C#Cc1cc(N(C)C)c2c(c1N=O)C(=O)C1=C(O)[C@]3(O)C(=O)C(C(N)=O)=C(O)[C@@H](N(C)C)[C@@H]3C[C@]1(N)C2. The molecule has 1 aromatic carbocycles. The molecule has 37 heavy (non-hydrogen) atoms. The lowest BCUT2D eigenvalue weighted by Gasteiger charge is -2.53. The minimum Gasteiger partial charge on any atom is -0.510 e. The monoisotopic (exact) mass is 509 g/mol. The first kappa shape index (κ1) is 26.0. The zero-order chi connectivity index (χ0) is 27.8. The standard InChI is InChI=1S/C25H27N5O7/c1-6-10-7-13(29(2)3)11-8-24(27)9-12-18(30(4)5)20(32)15(23(26)35)21(33)25(12,36)22(34)16(24)19(31)14(11)17(10)28-37/h1,7,12,18,32,34,36H,8-9,27H2,2-5H3,(H2,26,35)/t12-,18-,24+,25+/m0/s1. The number of nitrogens with zero attached hydrogens (tertiary/aromatic N) is 3. The highest BCUT2D eigenvalue weighted by Crippen LogP contribution is 2.54.